The van der Waals surface area contributed by atoms with E-state index in [2.05, 4.69) is 0 Å². The van der Waals surface area contributed by atoms with Gasteiger partial charge in [-0.25, -0.2) is 0 Å². The first-order valence-corrected chi connectivity index (χ1v) is 8.62. The monoisotopic (exact) mass is 527 g/mol. The van der Waals surface area contributed by atoms with E-state index in [1.807, 2.05) is 0 Å². The van der Waals surface area contributed by atoms with Crippen LogP contribution in [-0.4, -0.2) is 20.6 Å². The van der Waals surface area contributed by atoms with Crippen LogP contribution in [0.3, 0.4) is 0 Å². The number of rotatable bonds is 3. The Morgan fingerprint density at radius 3 is 1.05 bits per heavy atom. The largest absolute Gasteiger partial charge is 0.226 e. The van der Waals surface area contributed by atoms with Crippen molar-refractivity contribution in [2.75, 3.05) is 0 Å². The van der Waals surface area contributed by atoms with Crippen molar-refractivity contribution >= 4 is 151 Å². The summed E-state index contributed by atoms with van der Waals surface area (Å²) in [6.45, 7) is 0. The molecular formula is C6Cl13. The van der Waals surface area contributed by atoms with Gasteiger partial charge in [-0.3, -0.25) is 0 Å². The van der Waals surface area contributed by atoms with E-state index in [1.54, 1.807) is 0 Å². The van der Waals surface area contributed by atoms with Crippen molar-refractivity contribution in [1.82, 2.24) is 0 Å². The van der Waals surface area contributed by atoms with Gasteiger partial charge in [-0.2, -0.15) is 0 Å². The lowest BCUT2D eigenvalue weighted by Crippen LogP contribution is -2.58. The van der Waals surface area contributed by atoms with Crippen LogP contribution in [0.5, 0.6) is 0 Å². The predicted molar refractivity (Wildman–Crippen MR) is 93.0 cm³/mol. The number of alkyl halides is 12. The van der Waals surface area contributed by atoms with Gasteiger partial charge in [0.25, 0.3) is 0 Å². The minimum atomic E-state index is -2.56. The molecular weight excluding hydrogens is 533 g/mol. The van der Waals surface area contributed by atoms with Crippen molar-refractivity contribution < 1.29 is 0 Å². The van der Waals surface area contributed by atoms with E-state index >= 15 is 0 Å². The molecule has 1 radical (unpaired) electrons. The molecule has 0 saturated heterocycles. The average Bonchev–Trinajstić information content (AvgIpc) is 2.12. The Morgan fingerprint density at radius 1 is 0.526 bits per heavy atom. The summed E-state index contributed by atoms with van der Waals surface area (Å²) < 4.78 is -12.2. The van der Waals surface area contributed by atoms with Crippen molar-refractivity contribution in [3.05, 3.63) is 5.38 Å². The topological polar surface area (TPSA) is 0 Å². The molecule has 0 fully saturated rings. The number of hydrogen-bond acceptors (Lipinski definition) is 0. The SMILES string of the molecule is Cl[C](C(Cl)(Cl)Cl)C(Cl)(Cl)C(Cl)(Cl)C(Cl)(Cl)C(Cl)(Cl)Cl. The fourth-order valence-corrected chi connectivity index (χ4v) is 3.88. The van der Waals surface area contributed by atoms with Crippen LogP contribution in [0.15, 0.2) is 0 Å². The zero-order valence-corrected chi connectivity index (χ0v) is 17.7. The molecule has 0 atom stereocenters. The fourth-order valence-electron chi connectivity index (χ4n) is 0.691. The lowest BCUT2D eigenvalue weighted by atomic mass is 10.1. The Morgan fingerprint density at radius 2 is 0.842 bits per heavy atom. The Hall–Kier alpha value is 3.77. The van der Waals surface area contributed by atoms with Crippen molar-refractivity contribution in [3.8, 4) is 0 Å². The predicted octanol–water partition coefficient (Wildman–Crippen LogP) is 8.02. The minimum Gasteiger partial charge on any atom is -0.109 e. The van der Waals surface area contributed by atoms with Crippen molar-refractivity contribution in [2.45, 2.75) is 20.6 Å². The number of hydrogen-bond donors (Lipinski definition) is 0. The maximum Gasteiger partial charge on any atom is 0.226 e. The first kappa shape index (κ1) is 22.8. The molecule has 0 aromatic heterocycles. The van der Waals surface area contributed by atoms with Gasteiger partial charge in [0.1, 0.15) is 0 Å². The molecule has 19 heavy (non-hydrogen) atoms. The Balaban J connectivity index is 5.78. The van der Waals surface area contributed by atoms with Gasteiger partial charge in [-0.15, -0.1) is 11.6 Å². The highest BCUT2D eigenvalue weighted by Crippen LogP contribution is 2.67. The van der Waals surface area contributed by atoms with Crippen LogP contribution in [0.2, 0.25) is 0 Å². The van der Waals surface area contributed by atoms with E-state index in [9.17, 15) is 0 Å². The third kappa shape index (κ3) is 4.65. The lowest BCUT2D eigenvalue weighted by molar-refractivity contribution is 0.606. The van der Waals surface area contributed by atoms with Gasteiger partial charge in [0.05, 0.1) is 0 Å². The molecule has 13 heteroatoms. The van der Waals surface area contributed by atoms with E-state index in [0.717, 1.165) is 0 Å². The van der Waals surface area contributed by atoms with Crippen LogP contribution >= 0.6 is 151 Å². The van der Waals surface area contributed by atoms with Crippen molar-refractivity contribution in [3.63, 3.8) is 0 Å². The van der Waals surface area contributed by atoms with Crippen LogP contribution in [0.1, 0.15) is 0 Å². The smallest absolute Gasteiger partial charge is 0.109 e. The van der Waals surface area contributed by atoms with Gasteiger partial charge in [0, 0.05) is 0 Å². The lowest BCUT2D eigenvalue weighted by Gasteiger charge is -2.46. The highest BCUT2D eigenvalue weighted by Gasteiger charge is 2.72. The molecule has 0 aromatic rings. The molecule has 0 aromatic carbocycles. The van der Waals surface area contributed by atoms with Gasteiger partial charge in [-0.05, 0) is 0 Å². The molecule has 0 amide bonds. The minimum absolute atomic E-state index is 0.710. The summed E-state index contributed by atoms with van der Waals surface area (Å²) in [4.78, 5) is 0. The zero-order valence-electron chi connectivity index (χ0n) is 7.91. The Bertz CT molecular complexity index is 319. The van der Waals surface area contributed by atoms with Crippen molar-refractivity contribution in [2.24, 2.45) is 0 Å². The van der Waals surface area contributed by atoms with E-state index in [1.165, 1.54) is 0 Å². The summed E-state index contributed by atoms with van der Waals surface area (Å²) in [5.41, 5.74) is 0. The second-order valence-corrected chi connectivity index (χ2v) is 12.0. The van der Waals surface area contributed by atoms with Crippen LogP contribution in [-0.2, 0) is 0 Å². The van der Waals surface area contributed by atoms with E-state index in [0.29, 0.717) is 0 Å². The van der Waals surface area contributed by atoms with Crippen LogP contribution in [0, 0.1) is 5.38 Å². The van der Waals surface area contributed by atoms with Gasteiger partial charge < -0.3 is 0 Å². The summed E-state index contributed by atoms with van der Waals surface area (Å²) in [6.07, 6.45) is 0. The summed E-state index contributed by atoms with van der Waals surface area (Å²) in [5.74, 6) is 0. The van der Waals surface area contributed by atoms with Crippen LogP contribution < -0.4 is 0 Å². The highest BCUT2D eigenvalue weighted by atomic mass is 35.6. The molecule has 0 heterocycles. The van der Waals surface area contributed by atoms with E-state index in [4.69, 9.17) is 151 Å². The fraction of sp³-hybridized carbons (Fsp3) is 0.833. The van der Waals surface area contributed by atoms with Gasteiger partial charge in [0.2, 0.25) is 7.59 Å². The summed E-state index contributed by atoms with van der Waals surface area (Å²) in [7, 11) is 0. The van der Waals surface area contributed by atoms with Crippen LogP contribution in [0.4, 0.5) is 0 Å². The maximum absolute atomic E-state index is 5.91. The third-order valence-corrected chi connectivity index (χ3v) is 8.70. The Labute approximate surface area is 175 Å². The van der Waals surface area contributed by atoms with Crippen molar-refractivity contribution in [1.29, 1.82) is 0 Å². The first-order valence-electron chi connectivity index (χ1n) is 3.71. The molecule has 0 aliphatic rings. The molecule has 0 spiro atoms. The second-order valence-electron chi connectivity index (χ2n) is 3.03. The molecule has 0 unspecified atom stereocenters. The molecule has 115 valence electrons. The molecule has 0 N–H and O–H groups in total. The first-order chi connectivity index (χ1) is 7.90. The van der Waals surface area contributed by atoms with Gasteiger partial charge in [-0.1, -0.05) is 139 Å². The molecule has 0 nitrogen and oxygen atoms in total. The summed E-state index contributed by atoms with van der Waals surface area (Å²) in [5, 5.41) is -0.710. The summed E-state index contributed by atoms with van der Waals surface area (Å²) in [6, 6.07) is 0. The van der Waals surface area contributed by atoms with Gasteiger partial charge >= 0.3 is 0 Å². The molecule has 0 aliphatic heterocycles. The molecule has 0 rings (SSSR count). The maximum atomic E-state index is 5.91. The normalized spacial score (nSPS) is 16.1. The van der Waals surface area contributed by atoms with E-state index < -0.39 is 26.0 Å². The zero-order chi connectivity index (χ0) is 16.1. The highest BCUT2D eigenvalue weighted by molar-refractivity contribution is 6.82. The van der Waals surface area contributed by atoms with Crippen LogP contribution in [0.25, 0.3) is 0 Å². The molecule has 0 bridgehead atoms. The standard InChI is InChI=1S/C6Cl13/c7-1(3(10,11)12)2(8,9)4(13,14)5(15,16)6(17,18)19. The van der Waals surface area contributed by atoms with E-state index in [-0.39, 0.29) is 0 Å². The third-order valence-electron chi connectivity index (χ3n) is 1.67. The Kier molecular flexibility index (Phi) is 8.32. The average molecular weight is 533 g/mol. The quantitative estimate of drug-likeness (QED) is 0.323. The molecule has 0 saturated carbocycles. The molecule has 0 aliphatic carbocycles. The van der Waals surface area contributed by atoms with Gasteiger partial charge in [0.15, 0.2) is 18.4 Å². The second kappa shape index (κ2) is 6.95. The summed E-state index contributed by atoms with van der Waals surface area (Å²) >= 11 is 74.2. The number of halogens is 13.